The Labute approximate surface area is 119 Å². The molecule has 0 aliphatic heterocycles. The molecular weight excluding hydrogens is 311 g/mol. The molecule has 2 aromatic carbocycles. The Hall–Kier alpha value is -1.75. The largest absolute Gasteiger partial charge is 0.496 e. The predicted octanol–water partition coefficient (Wildman–Crippen LogP) is 3.95. The van der Waals surface area contributed by atoms with Crippen molar-refractivity contribution >= 4 is 33.0 Å². The molecule has 2 rings (SSSR count). The van der Waals surface area contributed by atoms with Crippen LogP contribution >= 0.6 is 15.9 Å². The quantitative estimate of drug-likeness (QED) is 0.869. The topological polar surface area (TPSA) is 38.5 Å². The Balaban J connectivity index is 2.41. The Bertz CT molecular complexity index is 604. The molecule has 0 amide bonds. The van der Waals surface area contributed by atoms with Crippen LogP contribution in [0.1, 0.15) is 0 Å². The molecule has 0 spiro atoms. The summed E-state index contributed by atoms with van der Waals surface area (Å²) in [5.74, 6) is 0.424. The maximum absolute atomic E-state index is 13.3. The van der Waals surface area contributed by atoms with Gasteiger partial charge in [-0.2, -0.15) is 0 Å². The van der Waals surface area contributed by atoms with Crippen molar-refractivity contribution in [2.24, 2.45) is 0 Å². The molecule has 0 radical (unpaired) electrons. The minimum Gasteiger partial charge on any atom is -0.496 e. The maximum atomic E-state index is 13.3. The van der Waals surface area contributed by atoms with Crippen LogP contribution in [0.5, 0.6) is 5.75 Å². The minimum absolute atomic E-state index is 0.316. The molecule has 100 valence electrons. The lowest BCUT2D eigenvalue weighted by Crippen LogP contribution is -2.12. The molecule has 2 N–H and O–H groups in total. The number of nitrogen functional groups attached to an aromatic ring is 1. The van der Waals surface area contributed by atoms with Crippen LogP contribution < -0.4 is 15.4 Å². The second-order valence-electron chi connectivity index (χ2n) is 4.08. The second kappa shape index (κ2) is 5.48. The number of ether oxygens (including phenoxy) is 1. The molecule has 0 aromatic heterocycles. The highest BCUT2D eigenvalue weighted by atomic mass is 79.9. The summed E-state index contributed by atoms with van der Waals surface area (Å²) in [6.45, 7) is 0. The van der Waals surface area contributed by atoms with E-state index in [0.717, 1.165) is 15.9 Å². The van der Waals surface area contributed by atoms with E-state index in [0.29, 0.717) is 11.4 Å². The van der Waals surface area contributed by atoms with Crippen LogP contribution in [0, 0.1) is 5.82 Å². The first-order valence-electron chi connectivity index (χ1n) is 5.65. The zero-order chi connectivity index (χ0) is 14.0. The summed E-state index contributed by atoms with van der Waals surface area (Å²) in [5.41, 5.74) is 7.90. The summed E-state index contributed by atoms with van der Waals surface area (Å²) >= 11 is 3.42. The Morgan fingerprint density at radius 2 is 1.95 bits per heavy atom. The number of hydrogen-bond donors (Lipinski definition) is 1. The van der Waals surface area contributed by atoms with Crippen LogP contribution in [-0.2, 0) is 0 Å². The van der Waals surface area contributed by atoms with E-state index < -0.39 is 0 Å². The van der Waals surface area contributed by atoms with Gasteiger partial charge in [0.15, 0.2) is 0 Å². The first-order chi connectivity index (χ1) is 9.02. The van der Waals surface area contributed by atoms with E-state index >= 15 is 0 Å². The molecule has 0 aliphatic carbocycles. The summed E-state index contributed by atoms with van der Waals surface area (Å²) < 4.78 is 19.3. The molecular formula is C14H14BrFN2O. The zero-order valence-corrected chi connectivity index (χ0v) is 12.2. The normalized spacial score (nSPS) is 10.3. The molecule has 0 aliphatic rings. The van der Waals surface area contributed by atoms with E-state index in [4.69, 9.17) is 10.5 Å². The molecule has 0 bridgehead atoms. The molecule has 0 saturated heterocycles. The van der Waals surface area contributed by atoms with Crippen molar-refractivity contribution in [2.75, 3.05) is 24.8 Å². The maximum Gasteiger partial charge on any atom is 0.133 e. The van der Waals surface area contributed by atoms with Crippen molar-refractivity contribution in [3.05, 3.63) is 46.7 Å². The first-order valence-corrected chi connectivity index (χ1v) is 6.44. The SMILES string of the molecule is COc1ccc(N(C)c2cc(F)ccc2N)cc1Br. The highest BCUT2D eigenvalue weighted by Gasteiger charge is 2.10. The average Bonchev–Trinajstić information content (AvgIpc) is 2.40. The van der Waals surface area contributed by atoms with Crippen molar-refractivity contribution in [3.8, 4) is 5.75 Å². The molecule has 19 heavy (non-hydrogen) atoms. The van der Waals surface area contributed by atoms with Gasteiger partial charge in [-0.1, -0.05) is 0 Å². The Kier molecular flexibility index (Phi) is 3.95. The monoisotopic (exact) mass is 324 g/mol. The van der Waals surface area contributed by atoms with Gasteiger partial charge in [0.25, 0.3) is 0 Å². The number of benzene rings is 2. The number of nitrogens with two attached hydrogens (primary N) is 1. The first kappa shape index (κ1) is 13.7. The van der Waals surface area contributed by atoms with Crippen molar-refractivity contribution in [2.45, 2.75) is 0 Å². The van der Waals surface area contributed by atoms with Gasteiger partial charge in [0, 0.05) is 12.7 Å². The summed E-state index contributed by atoms with van der Waals surface area (Å²) in [6.07, 6.45) is 0. The molecule has 2 aromatic rings. The van der Waals surface area contributed by atoms with E-state index in [9.17, 15) is 4.39 Å². The molecule has 0 fully saturated rings. The van der Waals surface area contributed by atoms with E-state index in [1.807, 2.05) is 30.1 Å². The number of halogens is 2. The number of anilines is 3. The van der Waals surface area contributed by atoms with Crippen molar-refractivity contribution in [1.82, 2.24) is 0 Å². The lowest BCUT2D eigenvalue weighted by atomic mass is 10.2. The van der Waals surface area contributed by atoms with E-state index in [1.54, 1.807) is 13.2 Å². The van der Waals surface area contributed by atoms with E-state index in [1.165, 1.54) is 12.1 Å². The number of nitrogens with zero attached hydrogens (tertiary/aromatic N) is 1. The van der Waals surface area contributed by atoms with Crippen LogP contribution in [0.4, 0.5) is 21.5 Å². The van der Waals surface area contributed by atoms with Crippen LogP contribution in [0.3, 0.4) is 0 Å². The summed E-state index contributed by atoms with van der Waals surface area (Å²) in [4.78, 5) is 1.82. The van der Waals surface area contributed by atoms with Gasteiger partial charge in [0.2, 0.25) is 0 Å². The minimum atomic E-state index is -0.316. The summed E-state index contributed by atoms with van der Waals surface area (Å²) in [6, 6.07) is 9.92. The summed E-state index contributed by atoms with van der Waals surface area (Å²) in [7, 11) is 3.44. The third-order valence-electron chi connectivity index (χ3n) is 2.88. The molecule has 5 heteroatoms. The number of methoxy groups -OCH3 is 1. The molecule has 0 atom stereocenters. The van der Waals surface area contributed by atoms with Gasteiger partial charge >= 0.3 is 0 Å². The van der Waals surface area contributed by atoms with Crippen LogP contribution in [0.25, 0.3) is 0 Å². The second-order valence-corrected chi connectivity index (χ2v) is 4.94. The van der Waals surface area contributed by atoms with Gasteiger partial charge in [-0.25, -0.2) is 4.39 Å². The third kappa shape index (κ3) is 2.81. The van der Waals surface area contributed by atoms with Crippen LogP contribution in [0.2, 0.25) is 0 Å². The fourth-order valence-corrected chi connectivity index (χ4v) is 2.34. The van der Waals surface area contributed by atoms with Crippen molar-refractivity contribution in [1.29, 1.82) is 0 Å². The van der Waals surface area contributed by atoms with Gasteiger partial charge in [0.1, 0.15) is 11.6 Å². The zero-order valence-electron chi connectivity index (χ0n) is 10.7. The average molecular weight is 325 g/mol. The Morgan fingerprint density at radius 1 is 1.21 bits per heavy atom. The van der Waals surface area contributed by atoms with Crippen LogP contribution in [-0.4, -0.2) is 14.2 Å². The van der Waals surface area contributed by atoms with E-state index in [-0.39, 0.29) is 5.82 Å². The van der Waals surface area contributed by atoms with Gasteiger partial charge in [-0.05, 0) is 52.3 Å². The molecule has 0 unspecified atom stereocenters. The lowest BCUT2D eigenvalue weighted by molar-refractivity contribution is 0.412. The smallest absolute Gasteiger partial charge is 0.133 e. The highest BCUT2D eigenvalue weighted by Crippen LogP contribution is 2.34. The lowest BCUT2D eigenvalue weighted by Gasteiger charge is -2.22. The molecule has 3 nitrogen and oxygen atoms in total. The molecule has 0 heterocycles. The van der Waals surface area contributed by atoms with Gasteiger partial charge < -0.3 is 15.4 Å². The Morgan fingerprint density at radius 3 is 2.58 bits per heavy atom. The number of hydrogen-bond acceptors (Lipinski definition) is 3. The number of rotatable bonds is 3. The molecule has 0 saturated carbocycles. The van der Waals surface area contributed by atoms with Crippen LogP contribution in [0.15, 0.2) is 40.9 Å². The van der Waals surface area contributed by atoms with Gasteiger partial charge in [-0.3, -0.25) is 0 Å². The van der Waals surface area contributed by atoms with Gasteiger partial charge in [0.05, 0.1) is 23.0 Å². The van der Waals surface area contributed by atoms with Gasteiger partial charge in [-0.15, -0.1) is 0 Å². The van der Waals surface area contributed by atoms with Crippen molar-refractivity contribution < 1.29 is 9.13 Å². The van der Waals surface area contributed by atoms with E-state index in [2.05, 4.69) is 15.9 Å². The highest BCUT2D eigenvalue weighted by molar-refractivity contribution is 9.10. The fraction of sp³-hybridized carbons (Fsp3) is 0.143. The summed E-state index contributed by atoms with van der Waals surface area (Å²) in [5, 5.41) is 0. The fourth-order valence-electron chi connectivity index (χ4n) is 1.81. The predicted molar refractivity (Wildman–Crippen MR) is 79.6 cm³/mol. The van der Waals surface area contributed by atoms with Crippen molar-refractivity contribution in [3.63, 3.8) is 0 Å². The standard InChI is InChI=1S/C14H14BrFN2O/c1-18(13-7-9(16)3-5-12(13)17)10-4-6-14(19-2)11(15)8-10/h3-8H,17H2,1-2H3. The third-order valence-corrected chi connectivity index (χ3v) is 3.50.